The van der Waals surface area contributed by atoms with Crippen molar-refractivity contribution >= 4 is 22.7 Å². The van der Waals surface area contributed by atoms with Gasteiger partial charge in [-0.15, -0.1) is 0 Å². The summed E-state index contributed by atoms with van der Waals surface area (Å²) < 4.78 is 18.3. The van der Waals surface area contributed by atoms with Gasteiger partial charge in [0.15, 0.2) is 0 Å². The molecule has 4 aliphatic rings. The third kappa shape index (κ3) is 4.01. The first-order chi connectivity index (χ1) is 17.1. The van der Waals surface area contributed by atoms with Crippen molar-refractivity contribution in [3.63, 3.8) is 0 Å². The Kier molecular flexibility index (Phi) is 5.67. The topological polar surface area (TPSA) is 75.6 Å². The number of amides is 1. The molecule has 2 saturated heterocycles. The molecule has 2 bridgehead atoms. The van der Waals surface area contributed by atoms with E-state index in [1.165, 1.54) is 16.7 Å². The number of nitrogens with zero attached hydrogens (tertiary/aromatic N) is 4. The molecule has 0 radical (unpaired) electrons. The number of benzene rings is 1. The number of fused-ring (bicyclic) bond motifs is 5. The van der Waals surface area contributed by atoms with E-state index in [9.17, 15) is 9.00 Å². The third-order valence-electron chi connectivity index (χ3n) is 8.51. The molecule has 6 rings (SSSR count). The normalized spacial score (nSPS) is 27.7. The minimum Gasteiger partial charge on any atom is -0.444 e. The maximum absolute atomic E-state index is 13.0. The minimum atomic E-state index is -1.26. The Morgan fingerprint density at radius 2 is 1.78 bits per heavy atom. The van der Waals surface area contributed by atoms with Crippen LogP contribution in [0.5, 0.6) is 0 Å². The molecule has 36 heavy (non-hydrogen) atoms. The van der Waals surface area contributed by atoms with Crippen LogP contribution in [0.1, 0.15) is 68.8 Å². The van der Waals surface area contributed by atoms with Gasteiger partial charge < -0.3 is 9.64 Å². The van der Waals surface area contributed by atoms with E-state index in [4.69, 9.17) is 14.7 Å². The predicted octanol–water partition coefficient (Wildman–Crippen LogP) is 4.18. The first kappa shape index (κ1) is 23.9. The van der Waals surface area contributed by atoms with Gasteiger partial charge in [0.05, 0.1) is 28.6 Å². The molecule has 8 heteroatoms. The van der Waals surface area contributed by atoms with Crippen LogP contribution in [0.2, 0.25) is 0 Å². The van der Waals surface area contributed by atoms with Gasteiger partial charge in [-0.1, -0.05) is 24.3 Å². The molecule has 3 heterocycles. The maximum atomic E-state index is 13.0. The van der Waals surface area contributed by atoms with Crippen LogP contribution in [0.3, 0.4) is 0 Å². The summed E-state index contributed by atoms with van der Waals surface area (Å²) in [4.78, 5) is 27.0. The largest absolute Gasteiger partial charge is 0.444 e. The van der Waals surface area contributed by atoms with Crippen molar-refractivity contribution in [1.82, 2.24) is 14.9 Å². The van der Waals surface area contributed by atoms with Gasteiger partial charge >= 0.3 is 6.09 Å². The predicted molar refractivity (Wildman–Crippen MR) is 140 cm³/mol. The van der Waals surface area contributed by atoms with Gasteiger partial charge in [-0.25, -0.2) is 14.8 Å². The van der Waals surface area contributed by atoms with Crippen LogP contribution in [0, 0.1) is 0 Å². The Hall–Kier alpha value is -2.48. The van der Waals surface area contributed by atoms with Crippen molar-refractivity contribution in [3.8, 4) is 0 Å². The maximum Gasteiger partial charge on any atom is 0.410 e. The molecular formula is C28H36N4O3S. The number of piperazine rings is 1. The van der Waals surface area contributed by atoms with Gasteiger partial charge in [0, 0.05) is 30.3 Å². The molecule has 4 atom stereocenters. The summed E-state index contributed by atoms with van der Waals surface area (Å²) in [5, 5.41) is 0.425. The molecule has 2 aliphatic heterocycles. The zero-order chi connectivity index (χ0) is 25.2. The number of rotatable bonds is 2. The molecule has 2 aromatic rings. The SMILES string of the molecule is CS(=O)c1nc2c(c(N3CC4CCC(C3)N4C(=O)OC(C)(C)C)n1)CCC1(CCc3ccccc31)C2. The summed E-state index contributed by atoms with van der Waals surface area (Å²) in [6, 6.07) is 9.06. The van der Waals surface area contributed by atoms with E-state index in [1.807, 2.05) is 25.7 Å². The van der Waals surface area contributed by atoms with Gasteiger partial charge in [-0.2, -0.15) is 0 Å². The fourth-order valence-corrected chi connectivity index (χ4v) is 7.41. The summed E-state index contributed by atoms with van der Waals surface area (Å²) in [7, 11) is -1.26. The Morgan fingerprint density at radius 1 is 1.08 bits per heavy atom. The van der Waals surface area contributed by atoms with Crippen LogP contribution >= 0.6 is 0 Å². The molecular weight excluding hydrogens is 472 g/mol. The van der Waals surface area contributed by atoms with E-state index < -0.39 is 16.4 Å². The molecule has 1 aromatic heterocycles. The molecule has 4 unspecified atom stereocenters. The second-order valence-electron chi connectivity index (χ2n) is 12.0. The van der Waals surface area contributed by atoms with E-state index in [0.29, 0.717) is 5.16 Å². The summed E-state index contributed by atoms with van der Waals surface area (Å²) in [5.41, 5.74) is 4.83. The van der Waals surface area contributed by atoms with Crippen LogP contribution in [0.4, 0.5) is 10.6 Å². The highest BCUT2D eigenvalue weighted by molar-refractivity contribution is 7.84. The first-order valence-corrected chi connectivity index (χ1v) is 14.8. The highest BCUT2D eigenvalue weighted by Crippen LogP contribution is 2.48. The number of anilines is 1. The van der Waals surface area contributed by atoms with Crippen molar-refractivity contribution in [2.75, 3.05) is 24.2 Å². The molecule has 192 valence electrons. The van der Waals surface area contributed by atoms with Gasteiger partial charge in [0.1, 0.15) is 11.4 Å². The van der Waals surface area contributed by atoms with Gasteiger partial charge in [-0.3, -0.25) is 9.11 Å². The molecule has 1 amide bonds. The Morgan fingerprint density at radius 3 is 2.47 bits per heavy atom. The summed E-state index contributed by atoms with van der Waals surface area (Å²) in [6.07, 6.45) is 8.56. The Labute approximate surface area is 216 Å². The van der Waals surface area contributed by atoms with Gasteiger partial charge in [0.25, 0.3) is 0 Å². The standard InChI is InChI=1S/C28H36N4O3S/c1-27(2,3)35-26(33)32-19-9-10-20(32)17-31(16-19)24-21-12-14-28(13-11-18-7-5-6-8-22(18)28)15-23(21)29-25(30-24)36(4)34/h5-8,19-20H,9-17H2,1-4H3. The van der Waals surface area contributed by atoms with E-state index >= 15 is 0 Å². The third-order valence-corrected chi connectivity index (χ3v) is 9.21. The molecule has 2 fully saturated rings. The number of aryl methyl sites for hydroxylation is 1. The molecule has 1 spiro atoms. The highest BCUT2D eigenvalue weighted by atomic mass is 32.2. The number of hydrogen-bond acceptors (Lipinski definition) is 6. The summed E-state index contributed by atoms with van der Waals surface area (Å²) in [5.74, 6) is 0.937. The van der Waals surface area contributed by atoms with Crippen molar-refractivity contribution in [2.24, 2.45) is 0 Å². The van der Waals surface area contributed by atoms with Gasteiger partial charge in [-0.05, 0) is 76.8 Å². The average molecular weight is 509 g/mol. The zero-order valence-electron chi connectivity index (χ0n) is 21.7. The molecule has 7 nitrogen and oxygen atoms in total. The van der Waals surface area contributed by atoms with E-state index in [-0.39, 0.29) is 23.6 Å². The van der Waals surface area contributed by atoms with Crippen LogP contribution in [-0.4, -0.2) is 62.2 Å². The van der Waals surface area contributed by atoms with Crippen LogP contribution in [-0.2, 0) is 40.2 Å². The minimum absolute atomic E-state index is 0.108. The van der Waals surface area contributed by atoms with Crippen molar-refractivity contribution in [3.05, 3.63) is 46.6 Å². The van der Waals surface area contributed by atoms with Crippen molar-refractivity contribution in [1.29, 1.82) is 0 Å². The van der Waals surface area contributed by atoms with Gasteiger partial charge in [0.2, 0.25) is 5.16 Å². The lowest BCUT2D eigenvalue weighted by molar-refractivity contribution is 0.0122. The lowest BCUT2D eigenvalue weighted by Gasteiger charge is -2.43. The van der Waals surface area contributed by atoms with Crippen LogP contribution in [0.15, 0.2) is 29.4 Å². The lowest BCUT2D eigenvalue weighted by Crippen LogP contribution is -2.57. The second-order valence-corrected chi connectivity index (χ2v) is 13.3. The van der Waals surface area contributed by atoms with Crippen molar-refractivity contribution in [2.45, 2.75) is 94.0 Å². The molecule has 0 N–H and O–H groups in total. The number of ether oxygens (including phenoxy) is 1. The van der Waals surface area contributed by atoms with Crippen molar-refractivity contribution < 1.29 is 13.7 Å². The van der Waals surface area contributed by atoms with E-state index in [0.717, 1.165) is 69.5 Å². The average Bonchev–Trinajstić information content (AvgIpc) is 3.31. The lowest BCUT2D eigenvalue weighted by atomic mass is 9.69. The Bertz CT molecular complexity index is 1230. The van der Waals surface area contributed by atoms with Crippen LogP contribution in [0.25, 0.3) is 0 Å². The molecule has 2 aliphatic carbocycles. The number of aromatic nitrogens is 2. The monoisotopic (exact) mass is 508 g/mol. The van der Waals surface area contributed by atoms with Crippen LogP contribution < -0.4 is 4.90 Å². The number of carbonyl (C=O) groups excluding carboxylic acids is 1. The van der Waals surface area contributed by atoms with E-state index in [2.05, 4.69) is 29.2 Å². The smallest absolute Gasteiger partial charge is 0.410 e. The summed E-state index contributed by atoms with van der Waals surface area (Å²) >= 11 is 0. The second kappa shape index (κ2) is 8.54. The quantitative estimate of drug-likeness (QED) is 0.567. The number of carbonyl (C=O) groups is 1. The highest BCUT2D eigenvalue weighted by Gasteiger charge is 2.47. The Balaban J connectivity index is 1.32. The zero-order valence-corrected chi connectivity index (χ0v) is 22.6. The molecule has 1 aromatic carbocycles. The fraction of sp³-hybridized carbons (Fsp3) is 0.607. The summed E-state index contributed by atoms with van der Waals surface area (Å²) in [6.45, 7) is 7.19. The first-order valence-electron chi connectivity index (χ1n) is 13.2. The number of hydrogen-bond donors (Lipinski definition) is 0. The van der Waals surface area contributed by atoms with E-state index in [1.54, 1.807) is 6.26 Å². The molecule has 0 saturated carbocycles. The fourth-order valence-electron chi connectivity index (χ4n) is 6.96.